The number of ether oxygens (including phenoxy) is 1. The molecule has 19 heavy (non-hydrogen) atoms. The van der Waals surface area contributed by atoms with Gasteiger partial charge in [0.2, 0.25) is 0 Å². The van der Waals surface area contributed by atoms with Gasteiger partial charge in [-0.05, 0) is 59.9 Å². The van der Waals surface area contributed by atoms with Crippen LogP contribution in [0.1, 0.15) is 18.9 Å². The second-order valence-corrected chi connectivity index (χ2v) is 5.36. The van der Waals surface area contributed by atoms with Crippen LogP contribution in [0.5, 0.6) is 0 Å². The number of rotatable bonds is 8. The Morgan fingerprint density at radius 1 is 1.42 bits per heavy atom. The molecule has 0 spiro atoms. The fourth-order valence-corrected chi connectivity index (χ4v) is 2.19. The fraction of sp³-hybridized carbons (Fsp3) is 0.467. The Hall–Kier alpha value is -0.710. The summed E-state index contributed by atoms with van der Waals surface area (Å²) in [6, 6.07) is 5.16. The Labute approximate surface area is 123 Å². The molecule has 0 heterocycles. The summed E-state index contributed by atoms with van der Waals surface area (Å²) >= 11 is 3.21. The molecule has 0 atom stereocenters. The second kappa shape index (κ2) is 9.23. The highest BCUT2D eigenvalue weighted by Crippen LogP contribution is 2.18. The highest BCUT2D eigenvalue weighted by molar-refractivity contribution is 9.10. The number of halogens is 2. The van der Waals surface area contributed by atoms with Crippen molar-refractivity contribution in [2.75, 3.05) is 26.8 Å². The van der Waals surface area contributed by atoms with Gasteiger partial charge in [-0.1, -0.05) is 17.7 Å². The zero-order chi connectivity index (χ0) is 14.1. The van der Waals surface area contributed by atoms with Crippen LogP contribution >= 0.6 is 15.9 Å². The van der Waals surface area contributed by atoms with Crippen molar-refractivity contribution in [2.45, 2.75) is 19.8 Å². The molecule has 0 aliphatic rings. The predicted molar refractivity (Wildman–Crippen MR) is 80.9 cm³/mol. The van der Waals surface area contributed by atoms with Crippen LogP contribution in [-0.4, -0.2) is 26.8 Å². The van der Waals surface area contributed by atoms with E-state index in [1.54, 1.807) is 7.11 Å². The van der Waals surface area contributed by atoms with Crippen molar-refractivity contribution >= 4 is 15.9 Å². The highest BCUT2D eigenvalue weighted by Gasteiger charge is 2.01. The fourth-order valence-electron chi connectivity index (χ4n) is 1.76. The summed E-state index contributed by atoms with van der Waals surface area (Å²) in [5, 5.41) is 3.30. The standard InChI is InChI=1S/C15H21BrFNO/c1-12(4-3-7-18-8-9-19-2)10-13-5-6-15(17)14(16)11-13/h4-6,11,18H,3,7-10H2,1-2H3. The van der Waals surface area contributed by atoms with Gasteiger partial charge in [0.1, 0.15) is 5.82 Å². The molecule has 106 valence electrons. The van der Waals surface area contributed by atoms with E-state index in [2.05, 4.69) is 34.2 Å². The van der Waals surface area contributed by atoms with Crippen LogP contribution in [0.15, 0.2) is 34.3 Å². The van der Waals surface area contributed by atoms with Gasteiger partial charge < -0.3 is 10.1 Å². The normalized spacial score (nSPS) is 11.9. The number of hydrogen-bond donors (Lipinski definition) is 1. The first-order chi connectivity index (χ1) is 9.13. The maximum absolute atomic E-state index is 13.1. The number of allylic oxidation sites excluding steroid dienone is 1. The Kier molecular flexibility index (Phi) is 7.94. The topological polar surface area (TPSA) is 21.3 Å². The van der Waals surface area contributed by atoms with Crippen molar-refractivity contribution in [3.8, 4) is 0 Å². The third kappa shape index (κ3) is 6.85. The molecule has 1 N–H and O–H groups in total. The molecule has 0 unspecified atom stereocenters. The van der Waals surface area contributed by atoms with Crippen LogP contribution in [0.25, 0.3) is 0 Å². The van der Waals surface area contributed by atoms with Crippen molar-refractivity contribution in [1.29, 1.82) is 0 Å². The lowest BCUT2D eigenvalue weighted by atomic mass is 10.1. The smallest absolute Gasteiger partial charge is 0.137 e. The van der Waals surface area contributed by atoms with Gasteiger partial charge >= 0.3 is 0 Å². The van der Waals surface area contributed by atoms with Gasteiger partial charge in [-0.25, -0.2) is 4.39 Å². The molecule has 0 saturated carbocycles. The van der Waals surface area contributed by atoms with Gasteiger partial charge in [-0.3, -0.25) is 0 Å². The molecular weight excluding hydrogens is 309 g/mol. The first-order valence-corrected chi connectivity index (χ1v) is 7.22. The van der Waals surface area contributed by atoms with E-state index in [4.69, 9.17) is 4.74 Å². The van der Waals surface area contributed by atoms with E-state index in [-0.39, 0.29) is 5.82 Å². The van der Waals surface area contributed by atoms with Crippen LogP contribution < -0.4 is 5.32 Å². The maximum atomic E-state index is 13.1. The summed E-state index contributed by atoms with van der Waals surface area (Å²) in [5.41, 5.74) is 2.42. The third-order valence-corrected chi connectivity index (χ3v) is 3.37. The largest absolute Gasteiger partial charge is 0.383 e. The molecule has 4 heteroatoms. The van der Waals surface area contributed by atoms with Gasteiger partial charge in [0, 0.05) is 13.7 Å². The quantitative estimate of drug-likeness (QED) is 0.580. The second-order valence-electron chi connectivity index (χ2n) is 4.51. The van der Waals surface area contributed by atoms with Crippen LogP contribution in [0, 0.1) is 5.82 Å². The Balaban J connectivity index is 2.32. The monoisotopic (exact) mass is 329 g/mol. The number of nitrogens with one attached hydrogen (secondary N) is 1. The summed E-state index contributed by atoms with van der Waals surface area (Å²) in [6.45, 7) is 4.68. The average molecular weight is 330 g/mol. The van der Waals surface area contributed by atoms with Crippen molar-refractivity contribution in [1.82, 2.24) is 5.32 Å². The first-order valence-electron chi connectivity index (χ1n) is 6.42. The van der Waals surface area contributed by atoms with Crippen molar-refractivity contribution in [2.24, 2.45) is 0 Å². The van der Waals surface area contributed by atoms with E-state index >= 15 is 0 Å². The molecule has 0 aliphatic heterocycles. The highest BCUT2D eigenvalue weighted by atomic mass is 79.9. The molecule has 1 aromatic rings. The van der Waals surface area contributed by atoms with Crippen LogP contribution in [0.2, 0.25) is 0 Å². The minimum atomic E-state index is -0.215. The lowest BCUT2D eigenvalue weighted by Gasteiger charge is -2.05. The van der Waals surface area contributed by atoms with Crippen LogP contribution in [-0.2, 0) is 11.2 Å². The van der Waals surface area contributed by atoms with Gasteiger partial charge in [0.05, 0.1) is 11.1 Å². The van der Waals surface area contributed by atoms with Crippen molar-refractivity contribution in [3.63, 3.8) is 0 Å². The molecule has 1 aromatic carbocycles. The molecule has 0 fully saturated rings. The minimum absolute atomic E-state index is 0.215. The molecule has 0 amide bonds. The molecule has 1 rings (SSSR count). The lowest BCUT2D eigenvalue weighted by Crippen LogP contribution is -2.19. The van der Waals surface area contributed by atoms with E-state index in [1.807, 2.05) is 12.1 Å². The molecule has 0 aliphatic carbocycles. The summed E-state index contributed by atoms with van der Waals surface area (Å²) in [6.07, 6.45) is 4.08. The molecule has 0 radical (unpaired) electrons. The van der Waals surface area contributed by atoms with Gasteiger partial charge in [0.25, 0.3) is 0 Å². The summed E-state index contributed by atoms with van der Waals surface area (Å²) in [5.74, 6) is -0.215. The van der Waals surface area contributed by atoms with E-state index in [9.17, 15) is 4.39 Å². The predicted octanol–water partition coefficient (Wildman–Crippen LogP) is 3.70. The Bertz CT molecular complexity index is 421. The van der Waals surface area contributed by atoms with E-state index in [0.717, 1.165) is 38.1 Å². The van der Waals surface area contributed by atoms with Crippen molar-refractivity contribution in [3.05, 3.63) is 45.7 Å². The molecular formula is C15H21BrFNO. The summed E-state index contributed by atoms with van der Waals surface area (Å²) < 4.78 is 18.6. The zero-order valence-electron chi connectivity index (χ0n) is 11.5. The molecule has 0 bridgehead atoms. The number of benzene rings is 1. The van der Waals surface area contributed by atoms with Gasteiger partial charge in [-0.15, -0.1) is 0 Å². The maximum Gasteiger partial charge on any atom is 0.137 e. The number of hydrogen-bond acceptors (Lipinski definition) is 2. The third-order valence-electron chi connectivity index (χ3n) is 2.76. The van der Waals surface area contributed by atoms with E-state index < -0.39 is 0 Å². The summed E-state index contributed by atoms with van der Waals surface area (Å²) in [7, 11) is 1.70. The minimum Gasteiger partial charge on any atom is -0.383 e. The first kappa shape index (κ1) is 16.3. The number of methoxy groups -OCH3 is 1. The molecule has 0 saturated heterocycles. The molecule has 2 nitrogen and oxygen atoms in total. The van der Waals surface area contributed by atoms with Crippen LogP contribution in [0.4, 0.5) is 4.39 Å². The SMILES string of the molecule is COCCNCCC=C(C)Cc1ccc(F)c(Br)c1. The average Bonchev–Trinajstić information content (AvgIpc) is 2.38. The van der Waals surface area contributed by atoms with E-state index in [0.29, 0.717) is 4.47 Å². The summed E-state index contributed by atoms with van der Waals surface area (Å²) in [4.78, 5) is 0. The Morgan fingerprint density at radius 2 is 2.21 bits per heavy atom. The van der Waals surface area contributed by atoms with Crippen LogP contribution in [0.3, 0.4) is 0 Å². The van der Waals surface area contributed by atoms with Gasteiger partial charge in [-0.2, -0.15) is 0 Å². The zero-order valence-corrected chi connectivity index (χ0v) is 13.1. The Morgan fingerprint density at radius 3 is 2.89 bits per heavy atom. The van der Waals surface area contributed by atoms with E-state index in [1.165, 1.54) is 11.6 Å². The van der Waals surface area contributed by atoms with Gasteiger partial charge in [0.15, 0.2) is 0 Å². The molecule has 0 aromatic heterocycles. The lowest BCUT2D eigenvalue weighted by molar-refractivity contribution is 0.199. The van der Waals surface area contributed by atoms with Crippen molar-refractivity contribution < 1.29 is 9.13 Å².